The van der Waals surface area contributed by atoms with Crippen molar-refractivity contribution in [3.8, 4) is 0 Å². The van der Waals surface area contributed by atoms with Gasteiger partial charge in [-0.3, -0.25) is 0 Å². The van der Waals surface area contributed by atoms with E-state index in [1.54, 1.807) is 6.33 Å². The predicted molar refractivity (Wildman–Crippen MR) is 63.4 cm³/mol. The van der Waals surface area contributed by atoms with Crippen LogP contribution in [0.15, 0.2) is 12.4 Å². The summed E-state index contributed by atoms with van der Waals surface area (Å²) in [4.78, 5) is 10.7. The molecule has 0 atom stereocenters. The first kappa shape index (κ1) is 9.84. The Balaban J connectivity index is 1.62. The van der Waals surface area contributed by atoms with Crippen LogP contribution < -0.4 is 16.0 Å². The maximum atomic E-state index is 5.75. The summed E-state index contributed by atoms with van der Waals surface area (Å²) in [6, 6.07) is 2.31. The normalized spacial score (nSPS) is 20.7. The Hall–Kier alpha value is -1.36. The Morgan fingerprint density at radius 2 is 2.19 bits per heavy atom. The van der Waals surface area contributed by atoms with Crippen LogP contribution in [0.2, 0.25) is 0 Å². The van der Waals surface area contributed by atoms with Crippen molar-refractivity contribution in [2.24, 2.45) is 11.7 Å². The van der Waals surface area contributed by atoms with Gasteiger partial charge < -0.3 is 16.0 Å². The van der Waals surface area contributed by atoms with Crippen LogP contribution in [0.5, 0.6) is 0 Å². The first-order chi connectivity index (χ1) is 7.81. The molecule has 0 radical (unpaired) electrons. The zero-order valence-corrected chi connectivity index (χ0v) is 9.26. The smallest absolute Gasteiger partial charge is 0.134 e. The first-order valence-electron chi connectivity index (χ1n) is 5.88. The predicted octanol–water partition coefficient (Wildman–Crippen LogP) is 0.446. The summed E-state index contributed by atoms with van der Waals surface area (Å²) in [6.07, 6.45) is 4.33. The van der Waals surface area contributed by atoms with Gasteiger partial charge in [-0.2, -0.15) is 0 Å². The van der Waals surface area contributed by atoms with Crippen molar-refractivity contribution < 1.29 is 0 Å². The molecule has 16 heavy (non-hydrogen) atoms. The Labute approximate surface area is 95.1 Å². The summed E-state index contributed by atoms with van der Waals surface area (Å²) >= 11 is 0. The molecule has 3 rings (SSSR count). The second-order valence-corrected chi connectivity index (χ2v) is 4.75. The van der Waals surface area contributed by atoms with E-state index in [1.807, 2.05) is 6.07 Å². The molecule has 5 heteroatoms. The number of nitrogens with zero attached hydrogens (tertiary/aromatic N) is 3. The van der Waals surface area contributed by atoms with Gasteiger partial charge in [0.25, 0.3) is 0 Å². The minimum atomic E-state index is 0.304. The van der Waals surface area contributed by atoms with Gasteiger partial charge in [-0.15, -0.1) is 0 Å². The highest BCUT2D eigenvalue weighted by molar-refractivity contribution is 5.50. The van der Waals surface area contributed by atoms with Gasteiger partial charge in [0.1, 0.15) is 18.0 Å². The number of aromatic nitrogens is 2. The van der Waals surface area contributed by atoms with E-state index in [0.717, 1.165) is 37.2 Å². The maximum absolute atomic E-state index is 5.75. The third-order valence-electron chi connectivity index (χ3n) is 3.16. The van der Waals surface area contributed by atoms with Crippen molar-refractivity contribution in [3.63, 3.8) is 0 Å². The number of hydrogen-bond donors (Lipinski definition) is 2. The molecular formula is C11H17N5. The second-order valence-electron chi connectivity index (χ2n) is 4.75. The molecule has 86 valence electrons. The fourth-order valence-corrected chi connectivity index (χ4v) is 1.89. The molecule has 2 fully saturated rings. The van der Waals surface area contributed by atoms with Crippen LogP contribution >= 0.6 is 0 Å². The summed E-state index contributed by atoms with van der Waals surface area (Å²) in [5, 5.41) is 3.35. The van der Waals surface area contributed by atoms with E-state index in [2.05, 4.69) is 20.2 Å². The van der Waals surface area contributed by atoms with Crippen LogP contribution in [0.25, 0.3) is 0 Å². The Kier molecular flexibility index (Phi) is 2.40. The minimum absolute atomic E-state index is 0.304. The molecule has 0 bridgehead atoms. The van der Waals surface area contributed by atoms with Crippen molar-refractivity contribution in [2.75, 3.05) is 29.9 Å². The molecule has 0 aromatic carbocycles. The highest BCUT2D eigenvalue weighted by Gasteiger charge is 2.25. The molecule has 0 amide bonds. The number of hydrogen-bond acceptors (Lipinski definition) is 5. The second kappa shape index (κ2) is 3.90. The SMILES string of the molecule is NC1CN(c2cc(NCC3CC3)ncn2)C1. The molecule has 2 heterocycles. The topological polar surface area (TPSA) is 67.1 Å². The zero-order valence-electron chi connectivity index (χ0n) is 9.26. The number of nitrogens with two attached hydrogens (primary N) is 1. The van der Waals surface area contributed by atoms with Crippen LogP contribution in [0.1, 0.15) is 12.8 Å². The van der Waals surface area contributed by atoms with Crippen molar-refractivity contribution in [1.29, 1.82) is 0 Å². The number of rotatable bonds is 4. The Bertz CT molecular complexity index is 370. The van der Waals surface area contributed by atoms with E-state index < -0.39 is 0 Å². The molecule has 1 aromatic rings. The Morgan fingerprint density at radius 3 is 2.88 bits per heavy atom. The van der Waals surface area contributed by atoms with Crippen molar-refractivity contribution in [2.45, 2.75) is 18.9 Å². The Morgan fingerprint density at radius 1 is 1.38 bits per heavy atom. The van der Waals surface area contributed by atoms with E-state index in [9.17, 15) is 0 Å². The van der Waals surface area contributed by atoms with Crippen LogP contribution in [0.4, 0.5) is 11.6 Å². The molecule has 1 aromatic heterocycles. The lowest BCUT2D eigenvalue weighted by Gasteiger charge is -2.37. The lowest BCUT2D eigenvalue weighted by Crippen LogP contribution is -2.56. The average molecular weight is 219 g/mol. The molecule has 1 aliphatic carbocycles. The van der Waals surface area contributed by atoms with Gasteiger partial charge in [0.2, 0.25) is 0 Å². The van der Waals surface area contributed by atoms with E-state index in [-0.39, 0.29) is 0 Å². The largest absolute Gasteiger partial charge is 0.370 e. The molecule has 5 nitrogen and oxygen atoms in total. The highest BCUT2D eigenvalue weighted by atomic mass is 15.3. The molecule has 1 aliphatic heterocycles. The first-order valence-corrected chi connectivity index (χ1v) is 5.88. The van der Waals surface area contributed by atoms with Gasteiger partial charge in [0.15, 0.2) is 0 Å². The summed E-state index contributed by atoms with van der Waals surface area (Å²) in [7, 11) is 0. The maximum Gasteiger partial charge on any atom is 0.134 e. The molecule has 0 spiro atoms. The summed E-state index contributed by atoms with van der Waals surface area (Å²) in [5.41, 5.74) is 5.75. The molecule has 1 saturated heterocycles. The number of anilines is 2. The van der Waals surface area contributed by atoms with Gasteiger partial charge in [0.05, 0.1) is 0 Å². The summed E-state index contributed by atoms with van der Waals surface area (Å²) < 4.78 is 0. The third-order valence-corrected chi connectivity index (χ3v) is 3.16. The standard InChI is InChI=1S/C11H17N5/c12-9-5-16(6-9)11-3-10(14-7-15-11)13-4-8-1-2-8/h3,7-9H,1-2,4-6,12H2,(H,13,14,15). The van der Waals surface area contributed by atoms with Gasteiger partial charge in [0, 0.05) is 31.7 Å². The minimum Gasteiger partial charge on any atom is -0.370 e. The van der Waals surface area contributed by atoms with E-state index >= 15 is 0 Å². The zero-order chi connectivity index (χ0) is 11.0. The van der Waals surface area contributed by atoms with Gasteiger partial charge in [-0.25, -0.2) is 9.97 Å². The fourth-order valence-electron chi connectivity index (χ4n) is 1.89. The molecule has 2 aliphatic rings. The fraction of sp³-hybridized carbons (Fsp3) is 0.636. The van der Waals surface area contributed by atoms with Crippen molar-refractivity contribution in [1.82, 2.24) is 9.97 Å². The monoisotopic (exact) mass is 219 g/mol. The molecule has 1 saturated carbocycles. The summed E-state index contributed by atoms with van der Waals surface area (Å²) in [6.45, 7) is 2.84. The lowest BCUT2D eigenvalue weighted by atomic mass is 10.1. The van der Waals surface area contributed by atoms with Crippen LogP contribution in [-0.2, 0) is 0 Å². The molecule has 0 unspecified atom stereocenters. The van der Waals surface area contributed by atoms with Crippen molar-refractivity contribution in [3.05, 3.63) is 12.4 Å². The quantitative estimate of drug-likeness (QED) is 0.769. The number of nitrogens with one attached hydrogen (secondary N) is 1. The molecular weight excluding hydrogens is 202 g/mol. The average Bonchev–Trinajstić information content (AvgIpc) is 3.06. The van der Waals surface area contributed by atoms with E-state index in [4.69, 9.17) is 5.73 Å². The van der Waals surface area contributed by atoms with Crippen molar-refractivity contribution >= 4 is 11.6 Å². The highest BCUT2D eigenvalue weighted by Crippen LogP contribution is 2.29. The summed E-state index contributed by atoms with van der Waals surface area (Å²) in [5.74, 6) is 2.77. The van der Waals surface area contributed by atoms with Gasteiger partial charge in [-0.05, 0) is 18.8 Å². The van der Waals surface area contributed by atoms with E-state index in [0.29, 0.717) is 6.04 Å². The third kappa shape index (κ3) is 2.09. The van der Waals surface area contributed by atoms with Gasteiger partial charge >= 0.3 is 0 Å². The van der Waals surface area contributed by atoms with Crippen LogP contribution in [-0.4, -0.2) is 35.6 Å². The lowest BCUT2D eigenvalue weighted by molar-refractivity contribution is 0.514. The molecule has 3 N–H and O–H groups in total. The van der Waals surface area contributed by atoms with Crippen LogP contribution in [0.3, 0.4) is 0 Å². The van der Waals surface area contributed by atoms with Crippen LogP contribution in [0, 0.1) is 5.92 Å². The van der Waals surface area contributed by atoms with E-state index in [1.165, 1.54) is 12.8 Å². The van der Waals surface area contributed by atoms with Gasteiger partial charge in [-0.1, -0.05) is 0 Å².